The predicted octanol–water partition coefficient (Wildman–Crippen LogP) is 5.17. The fourth-order valence-corrected chi connectivity index (χ4v) is 2.68. The molecule has 0 aliphatic carbocycles. The Hall–Kier alpha value is -2.52. The van der Waals surface area contributed by atoms with Gasteiger partial charge in [0.05, 0.1) is 6.61 Å². The third-order valence-corrected chi connectivity index (χ3v) is 3.90. The molecular weight excluding hydrogens is 310 g/mol. The van der Waals surface area contributed by atoms with E-state index in [0.29, 0.717) is 17.3 Å². The molecule has 3 nitrogen and oxygen atoms in total. The minimum Gasteiger partial charge on any atom is -0.461 e. The monoisotopic (exact) mass is 325 g/mol. The van der Waals surface area contributed by atoms with Gasteiger partial charge < -0.3 is 9.72 Å². The SMILES string of the molecule is CCOC(=O)c1[nH]c2ccccc2c1/C=C/c1ccccc1Cl. The number of aromatic nitrogens is 1. The summed E-state index contributed by atoms with van der Waals surface area (Å²) in [6, 6.07) is 15.3. The standard InChI is InChI=1S/C19H16ClNO2/c1-2-23-19(22)18-15(14-8-4-6-10-17(14)21-18)12-11-13-7-3-5-9-16(13)20/h3-12,21H,2H2,1H3/b12-11+. The Morgan fingerprint density at radius 2 is 1.87 bits per heavy atom. The Labute approximate surface area is 139 Å². The van der Waals surface area contributed by atoms with Crippen LogP contribution in [0.5, 0.6) is 0 Å². The maximum atomic E-state index is 12.2. The Morgan fingerprint density at radius 1 is 1.13 bits per heavy atom. The predicted molar refractivity (Wildman–Crippen MR) is 94.6 cm³/mol. The molecule has 1 heterocycles. The average molecular weight is 326 g/mol. The van der Waals surface area contributed by atoms with Gasteiger partial charge in [-0.1, -0.05) is 60.2 Å². The third-order valence-electron chi connectivity index (χ3n) is 3.56. The molecule has 0 amide bonds. The highest BCUT2D eigenvalue weighted by Gasteiger charge is 2.16. The van der Waals surface area contributed by atoms with E-state index in [1.54, 1.807) is 6.92 Å². The van der Waals surface area contributed by atoms with Gasteiger partial charge in [0.25, 0.3) is 0 Å². The number of hydrogen-bond acceptors (Lipinski definition) is 2. The van der Waals surface area contributed by atoms with E-state index >= 15 is 0 Å². The maximum absolute atomic E-state index is 12.2. The molecule has 1 N–H and O–H groups in total. The Morgan fingerprint density at radius 3 is 2.65 bits per heavy atom. The van der Waals surface area contributed by atoms with Gasteiger partial charge in [-0.05, 0) is 24.6 Å². The fourth-order valence-electron chi connectivity index (χ4n) is 2.48. The van der Waals surface area contributed by atoms with Crippen molar-refractivity contribution >= 4 is 40.6 Å². The van der Waals surface area contributed by atoms with Crippen LogP contribution in [0.1, 0.15) is 28.5 Å². The second-order valence-electron chi connectivity index (χ2n) is 5.03. The van der Waals surface area contributed by atoms with Crippen molar-refractivity contribution in [3.05, 3.63) is 70.4 Å². The summed E-state index contributed by atoms with van der Waals surface area (Å²) in [7, 11) is 0. The number of benzene rings is 2. The summed E-state index contributed by atoms with van der Waals surface area (Å²) >= 11 is 6.18. The van der Waals surface area contributed by atoms with Crippen molar-refractivity contribution in [1.82, 2.24) is 4.98 Å². The van der Waals surface area contributed by atoms with Crippen LogP contribution in [0.15, 0.2) is 48.5 Å². The van der Waals surface area contributed by atoms with E-state index in [0.717, 1.165) is 22.0 Å². The first-order chi connectivity index (χ1) is 11.2. The topological polar surface area (TPSA) is 42.1 Å². The van der Waals surface area contributed by atoms with Gasteiger partial charge in [0.2, 0.25) is 0 Å². The molecule has 0 atom stereocenters. The first-order valence-electron chi connectivity index (χ1n) is 7.41. The van der Waals surface area contributed by atoms with Crippen LogP contribution in [0.2, 0.25) is 5.02 Å². The van der Waals surface area contributed by atoms with Crippen LogP contribution in [0, 0.1) is 0 Å². The van der Waals surface area contributed by atoms with Gasteiger partial charge in [0.15, 0.2) is 0 Å². The Kier molecular flexibility index (Phi) is 4.49. The van der Waals surface area contributed by atoms with Crippen molar-refractivity contribution in [2.45, 2.75) is 6.92 Å². The van der Waals surface area contributed by atoms with Crippen LogP contribution >= 0.6 is 11.6 Å². The molecule has 0 radical (unpaired) electrons. The van der Waals surface area contributed by atoms with E-state index in [1.807, 2.05) is 60.7 Å². The van der Waals surface area contributed by atoms with Crippen LogP contribution < -0.4 is 0 Å². The zero-order valence-corrected chi connectivity index (χ0v) is 13.4. The summed E-state index contributed by atoms with van der Waals surface area (Å²) in [5.74, 6) is -0.359. The van der Waals surface area contributed by atoms with Crippen molar-refractivity contribution in [3.63, 3.8) is 0 Å². The van der Waals surface area contributed by atoms with Gasteiger partial charge >= 0.3 is 5.97 Å². The minimum absolute atomic E-state index is 0.335. The van der Waals surface area contributed by atoms with E-state index < -0.39 is 0 Å². The van der Waals surface area contributed by atoms with Gasteiger partial charge in [-0.3, -0.25) is 0 Å². The smallest absolute Gasteiger partial charge is 0.355 e. The first-order valence-corrected chi connectivity index (χ1v) is 7.79. The maximum Gasteiger partial charge on any atom is 0.355 e. The highest BCUT2D eigenvalue weighted by molar-refractivity contribution is 6.32. The lowest BCUT2D eigenvalue weighted by Crippen LogP contribution is -2.06. The van der Waals surface area contributed by atoms with Crippen molar-refractivity contribution in [2.75, 3.05) is 6.61 Å². The van der Waals surface area contributed by atoms with Gasteiger partial charge in [0.1, 0.15) is 5.69 Å². The molecule has 0 saturated heterocycles. The molecule has 0 saturated carbocycles. The largest absolute Gasteiger partial charge is 0.461 e. The van der Waals surface area contributed by atoms with Gasteiger partial charge in [-0.2, -0.15) is 0 Å². The molecule has 1 aromatic heterocycles. The molecule has 0 unspecified atom stereocenters. The second kappa shape index (κ2) is 6.71. The molecule has 3 aromatic rings. The van der Waals surface area contributed by atoms with E-state index in [2.05, 4.69) is 4.98 Å². The van der Waals surface area contributed by atoms with Gasteiger partial charge in [-0.25, -0.2) is 4.79 Å². The molecule has 0 fully saturated rings. The van der Waals surface area contributed by atoms with Crippen molar-refractivity contribution in [2.24, 2.45) is 0 Å². The summed E-state index contributed by atoms with van der Waals surface area (Å²) < 4.78 is 5.14. The normalized spacial score (nSPS) is 11.2. The number of fused-ring (bicyclic) bond motifs is 1. The van der Waals surface area contributed by atoms with E-state index in [9.17, 15) is 4.79 Å². The van der Waals surface area contributed by atoms with Crippen LogP contribution in [0.25, 0.3) is 23.1 Å². The highest BCUT2D eigenvalue weighted by Crippen LogP contribution is 2.26. The van der Waals surface area contributed by atoms with Crippen molar-refractivity contribution < 1.29 is 9.53 Å². The lowest BCUT2D eigenvalue weighted by atomic mass is 10.1. The van der Waals surface area contributed by atoms with E-state index in [4.69, 9.17) is 16.3 Å². The van der Waals surface area contributed by atoms with Crippen LogP contribution in [0.4, 0.5) is 0 Å². The number of nitrogens with one attached hydrogen (secondary N) is 1. The summed E-state index contributed by atoms with van der Waals surface area (Å²) in [6.45, 7) is 2.13. The quantitative estimate of drug-likeness (QED) is 0.672. The molecule has 0 aliphatic heterocycles. The molecule has 2 aromatic carbocycles. The number of para-hydroxylation sites is 1. The number of aromatic amines is 1. The van der Waals surface area contributed by atoms with E-state index in [1.165, 1.54) is 0 Å². The summed E-state index contributed by atoms with van der Waals surface area (Å²) in [6.07, 6.45) is 3.80. The zero-order valence-electron chi connectivity index (χ0n) is 12.7. The zero-order chi connectivity index (χ0) is 16.2. The Bertz CT molecular complexity index is 880. The highest BCUT2D eigenvalue weighted by atomic mass is 35.5. The number of rotatable bonds is 4. The second-order valence-corrected chi connectivity index (χ2v) is 5.44. The number of carbonyl (C=O) groups is 1. The summed E-state index contributed by atoms with van der Waals surface area (Å²) in [5, 5.41) is 1.64. The molecule has 4 heteroatoms. The molecule has 0 spiro atoms. The molecule has 0 bridgehead atoms. The number of halogens is 1. The fraction of sp³-hybridized carbons (Fsp3) is 0.105. The van der Waals surface area contributed by atoms with Crippen molar-refractivity contribution in [1.29, 1.82) is 0 Å². The number of hydrogen-bond donors (Lipinski definition) is 1. The summed E-state index contributed by atoms with van der Waals surface area (Å²) in [4.78, 5) is 15.3. The van der Waals surface area contributed by atoms with Gasteiger partial charge in [0, 0.05) is 21.5 Å². The van der Waals surface area contributed by atoms with E-state index in [-0.39, 0.29) is 5.97 Å². The van der Waals surface area contributed by atoms with Crippen LogP contribution in [-0.4, -0.2) is 17.6 Å². The van der Waals surface area contributed by atoms with Gasteiger partial charge in [-0.15, -0.1) is 0 Å². The number of carbonyl (C=O) groups excluding carboxylic acids is 1. The first kappa shape index (κ1) is 15.4. The number of H-pyrrole nitrogens is 1. The lowest BCUT2D eigenvalue weighted by Gasteiger charge is -2.01. The minimum atomic E-state index is -0.359. The molecule has 3 rings (SSSR count). The number of esters is 1. The molecule has 116 valence electrons. The number of ether oxygens (including phenoxy) is 1. The summed E-state index contributed by atoms with van der Waals surface area (Å²) in [5.41, 5.74) is 3.05. The molecular formula is C19H16ClNO2. The van der Waals surface area contributed by atoms with Crippen LogP contribution in [-0.2, 0) is 4.74 Å². The third kappa shape index (κ3) is 3.15. The van der Waals surface area contributed by atoms with Crippen LogP contribution in [0.3, 0.4) is 0 Å². The lowest BCUT2D eigenvalue weighted by molar-refractivity contribution is 0.0520. The average Bonchev–Trinajstić information content (AvgIpc) is 2.93. The Balaban J connectivity index is 2.09. The molecule has 23 heavy (non-hydrogen) atoms. The van der Waals surface area contributed by atoms with Crippen molar-refractivity contribution in [3.8, 4) is 0 Å². The molecule has 0 aliphatic rings.